The number of aromatic nitrogens is 2. The van der Waals surface area contributed by atoms with Crippen molar-refractivity contribution in [1.29, 1.82) is 0 Å². The predicted octanol–water partition coefficient (Wildman–Crippen LogP) is 2.77. The molecule has 0 aliphatic carbocycles. The summed E-state index contributed by atoms with van der Waals surface area (Å²) >= 11 is 0. The summed E-state index contributed by atoms with van der Waals surface area (Å²) in [5, 5.41) is 4.15. The molecule has 0 spiro atoms. The summed E-state index contributed by atoms with van der Waals surface area (Å²) in [6.45, 7) is 3.81. The average Bonchev–Trinajstić information content (AvgIpc) is 2.66. The van der Waals surface area contributed by atoms with E-state index in [4.69, 9.17) is 4.74 Å². The van der Waals surface area contributed by atoms with E-state index in [1.165, 1.54) is 0 Å². The number of halogens is 3. The van der Waals surface area contributed by atoms with Crippen LogP contribution in [0.15, 0.2) is 18.2 Å². The summed E-state index contributed by atoms with van der Waals surface area (Å²) in [6, 6.07) is 2.71. The topological polar surface area (TPSA) is 44.1 Å². The lowest BCUT2D eigenvalue weighted by molar-refractivity contribution is 0.0475. The van der Waals surface area contributed by atoms with Gasteiger partial charge >= 0.3 is 5.97 Å². The lowest BCUT2D eigenvalue weighted by Crippen LogP contribution is -2.15. The Kier molecular flexibility index (Phi) is 4.30. The van der Waals surface area contributed by atoms with Gasteiger partial charge in [0.1, 0.15) is 29.6 Å². The Balaban J connectivity index is 2.01. The molecular weight excluding hydrogens is 285 g/mol. The molecule has 1 heterocycles. The molecular formula is C14H13F3N2O2. The third-order valence-electron chi connectivity index (χ3n) is 2.85. The predicted molar refractivity (Wildman–Crippen MR) is 68.3 cm³/mol. The van der Waals surface area contributed by atoms with Crippen molar-refractivity contribution in [3.05, 3.63) is 52.6 Å². The third-order valence-corrected chi connectivity index (χ3v) is 2.85. The molecule has 0 saturated heterocycles. The van der Waals surface area contributed by atoms with Crippen molar-refractivity contribution in [3.8, 4) is 0 Å². The number of hydrogen-bond donors (Lipinski definition) is 0. The van der Waals surface area contributed by atoms with Gasteiger partial charge < -0.3 is 4.74 Å². The molecule has 0 atom stereocenters. The third kappa shape index (κ3) is 3.42. The number of aryl methyl sites for hydroxylation is 2. The van der Waals surface area contributed by atoms with Gasteiger partial charge in [-0.3, -0.25) is 4.68 Å². The minimum Gasteiger partial charge on any atom is -0.460 e. The van der Waals surface area contributed by atoms with E-state index >= 15 is 0 Å². The van der Waals surface area contributed by atoms with Crippen LogP contribution in [0.5, 0.6) is 0 Å². The van der Waals surface area contributed by atoms with Gasteiger partial charge in [0.25, 0.3) is 0 Å². The first-order valence-corrected chi connectivity index (χ1v) is 6.21. The average molecular weight is 298 g/mol. The standard InChI is InChI=1S/C14H13F3N2O2/c1-8-5-9(2)19(18-8)3-4-21-14(20)13-11(16)6-10(15)7-12(13)17/h5-7H,3-4H2,1-2H3. The van der Waals surface area contributed by atoms with Gasteiger partial charge in [-0.1, -0.05) is 0 Å². The van der Waals surface area contributed by atoms with Crippen LogP contribution in [0, 0.1) is 31.3 Å². The van der Waals surface area contributed by atoms with Gasteiger partial charge in [0, 0.05) is 17.8 Å². The lowest BCUT2D eigenvalue weighted by Gasteiger charge is -2.08. The molecule has 0 aliphatic heterocycles. The van der Waals surface area contributed by atoms with Gasteiger partial charge in [-0.05, 0) is 19.9 Å². The number of hydrogen-bond acceptors (Lipinski definition) is 3. The van der Waals surface area contributed by atoms with Crippen LogP contribution in [0.2, 0.25) is 0 Å². The highest BCUT2D eigenvalue weighted by molar-refractivity contribution is 5.90. The molecule has 0 saturated carbocycles. The van der Waals surface area contributed by atoms with Crippen LogP contribution in [-0.4, -0.2) is 22.4 Å². The smallest absolute Gasteiger partial charge is 0.344 e. The molecule has 7 heteroatoms. The fourth-order valence-electron chi connectivity index (χ4n) is 1.94. The van der Waals surface area contributed by atoms with E-state index in [0.717, 1.165) is 11.4 Å². The number of nitrogens with zero attached hydrogens (tertiary/aromatic N) is 2. The fourth-order valence-corrected chi connectivity index (χ4v) is 1.94. The van der Waals surface area contributed by atoms with Gasteiger partial charge in [0.15, 0.2) is 0 Å². The minimum atomic E-state index is -1.29. The summed E-state index contributed by atoms with van der Waals surface area (Å²) in [4.78, 5) is 11.6. The molecule has 4 nitrogen and oxygen atoms in total. The SMILES string of the molecule is Cc1cc(C)n(CCOC(=O)c2c(F)cc(F)cc2F)n1. The van der Waals surface area contributed by atoms with Crippen LogP contribution in [0.1, 0.15) is 21.7 Å². The molecule has 0 amide bonds. The van der Waals surface area contributed by atoms with Crippen LogP contribution in [0.25, 0.3) is 0 Å². The molecule has 1 aromatic heterocycles. The van der Waals surface area contributed by atoms with E-state index in [-0.39, 0.29) is 13.2 Å². The Morgan fingerprint density at radius 3 is 2.33 bits per heavy atom. The molecule has 112 valence electrons. The maximum atomic E-state index is 13.4. The molecule has 0 N–H and O–H groups in total. The molecule has 0 radical (unpaired) electrons. The van der Waals surface area contributed by atoms with Crippen molar-refractivity contribution in [2.45, 2.75) is 20.4 Å². The van der Waals surface area contributed by atoms with Crippen LogP contribution in [0.3, 0.4) is 0 Å². The van der Waals surface area contributed by atoms with Gasteiger partial charge in [-0.15, -0.1) is 0 Å². The van der Waals surface area contributed by atoms with Gasteiger partial charge in [0.05, 0.1) is 12.2 Å². The Bertz CT molecular complexity index is 660. The summed E-state index contributed by atoms with van der Waals surface area (Å²) < 4.78 is 45.9. The van der Waals surface area contributed by atoms with E-state index in [2.05, 4.69) is 5.10 Å². The summed E-state index contributed by atoms with van der Waals surface area (Å²) in [5.74, 6) is -4.84. The Hall–Kier alpha value is -2.31. The normalized spacial score (nSPS) is 10.7. The quantitative estimate of drug-likeness (QED) is 0.815. The van der Waals surface area contributed by atoms with E-state index < -0.39 is 29.0 Å². The van der Waals surface area contributed by atoms with Gasteiger partial charge in [0.2, 0.25) is 0 Å². The van der Waals surface area contributed by atoms with Crippen molar-refractivity contribution in [2.24, 2.45) is 0 Å². The van der Waals surface area contributed by atoms with E-state index in [0.29, 0.717) is 12.1 Å². The number of ether oxygens (including phenoxy) is 1. The molecule has 0 unspecified atom stereocenters. The number of benzene rings is 1. The van der Waals surface area contributed by atoms with Crippen LogP contribution in [0.4, 0.5) is 13.2 Å². The zero-order valence-electron chi connectivity index (χ0n) is 11.5. The summed E-state index contributed by atoms with van der Waals surface area (Å²) in [5.41, 5.74) is 0.793. The molecule has 2 aromatic rings. The van der Waals surface area contributed by atoms with Crippen molar-refractivity contribution in [2.75, 3.05) is 6.61 Å². The zero-order valence-corrected chi connectivity index (χ0v) is 11.5. The van der Waals surface area contributed by atoms with E-state index in [1.807, 2.05) is 19.9 Å². The summed E-state index contributed by atoms with van der Waals surface area (Å²) in [7, 11) is 0. The number of rotatable bonds is 4. The minimum absolute atomic E-state index is 0.100. The first kappa shape index (κ1) is 15.1. The highest BCUT2D eigenvalue weighted by atomic mass is 19.1. The second-order valence-corrected chi connectivity index (χ2v) is 4.53. The van der Waals surface area contributed by atoms with Crippen LogP contribution < -0.4 is 0 Å². The highest BCUT2D eigenvalue weighted by Gasteiger charge is 2.20. The van der Waals surface area contributed by atoms with Gasteiger partial charge in [-0.25, -0.2) is 18.0 Å². The Morgan fingerprint density at radius 1 is 1.19 bits per heavy atom. The first-order chi connectivity index (χ1) is 9.88. The van der Waals surface area contributed by atoms with E-state index in [9.17, 15) is 18.0 Å². The van der Waals surface area contributed by atoms with Crippen LogP contribution in [-0.2, 0) is 11.3 Å². The first-order valence-electron chi connectivity index (χ1n) is 6.21. The van der Waals surface area contributed by atoms with Crippen molar-refractivity contribution >= 4 is 5.97 Å². The lowest BCUT2D eigenvalue weighted by atomic mass is 10.2. The molecule has 0 aliphatic rings. The van der Waals surface area contributed by atoms with Crippen molar-refractivity contribution < 1.29 is 22.7 Å². The Morgan fingerprint density at radius 2 is 1.81 bits per heavy atom. The van der Waals surface area contributed by atoms with Crippen molar-refractivity contribution in [1.82, 2.24) is 9.78 Å². The van der Waals surface area contributed by atoms with Gasteiger partial charge in [-0.2, -0.15) is 5.10 Å². The second kappa shape index (κ2) is 5.99. The monoisotopic (exact) mass is 298 g/mol. The molecule has 0 bridgehead atoms. The second-order valence-electron chi connectivity index (χ2n) is 4.53. The molecule has 0 fully saturated rings. The molecule has 21 heavy (non-hydrogen) atoms. The Labute approximate surface area is 119 Å². The summed E-state index contributed by atoms with van der Waals surface area (Å²) in [6.07, 6.45) is 0. The molecule has 1 aromatic carbocycles. The maximum Gasteiger partial charge on any atom is 0.344 e. The number of carbonyl (C=O) groups is 1. The maximum absolute atomic E-state index is 13.4. The van der Waals surface area contributed by atoms with Crippen molar-refractivity contribution in [3.63, 3.8) is 0 Å². The van der Waals surface area contributed by atoms with Crippen LogP contribution >= 0.6 is 0 Å². The number of carbonyl (C=O) groups excluding carboxylic acids is 1. The highest BCUT2D eigenvalue weighted by Crippen LogP contribution is 2.15. The fraction of sp³-hybridized carbons (Fsp3) is 0.286. The molecule has 2 rings (SSSR count). The number of esters is 1. The van der Waals surface area contributed by atoms with E-state index in [1.54, 1.807) is 4.68 Å². The zero-order chi connectivity index (χ0) is 15.6. The largest absolute Gasteiger partial charge is 0.460 e.